The number of nitriles is 1. The Morgan fingerprint density at radius 3 is 2.56 bits per heavy atom. The minimum Gasteiger partial charge on any atom is -0.481 e. The Balaban J connectivity index is 3.30. The number of hydrogen-bond donors (Lipinski definition) is 1. The second-order valence-electron chi connectivity index (χ2n) is 3.01. The average molecular weight is 229 g/mol. The van der Waals surface area contributed by atoms with E-state index >= 15 is 0 Å². The first-order valence-corrected chi connectivity index (χ1v) is 4.18. The zero-order valence-corrected chi connectivity index (χ0v) is 7.88. The maximum absolute atomic E-state index is 13.3. The van der Waals surface area contributed by atoms with Gasteiger partial charge >= 0.3 is 5.97 Å². The molecule has 6 heteroatoms. The topological polar surface area (TPSA) is 61.1 Å². The van der Waals surface area contributed by atoms with E-state index in [1.807, 2.05) is 0 Å². The fourth-order valence-electron chi connectivity index (χ4n) is 1.21. The zero-order valence-electron chi connectivity index (χ0n) is 7.88. The summed E-state index contributed by atoms with van der Waals surface area (Å²) in [6.07, 6.45) is -3.61. The van der Waals surface area contributed by atoms with E-state index in [-0.39, 0.29) is 11.1 Å². The Labute approximate surface area is 88.7 Å². The van der Waals surface area contributed by atoms with Gasteiger partial charge in [-0.1, -0.05) is 0 Å². The molecule has 0 saturated heterocycles. The van der Waals surface area contributed by atoms with Gasteiger partial charge in [-0.05, 0) is 12.1 Å². The van der Waals surface area contributed by atoms with Crippen LogP contribution in [0.3, 0.4) is 0 Å². The fraction of sp³-hybridized carbons (Fsp3) is 0.200. The Morgan fingerprint density at radius 1 is 1.50 bits per heavy atom. The number of aliphatic carboxylic acids is 1. The Kier molecular flexibility index (Phi) is 3.51. The molecule has 0 unspecified atom stereocenters. The molecule has 0 atom stereocenters. The second-order valence-corrected chi connectivity index (χ2v) is 3.01. The van der Waals surface area contributed by atoms with Crippen LogP contribution in [0.1, 0.15) is 23.1 Å². The van der Waals surface area contributed by atoms with Gasteiger partial charge in [-0.15, -0.1) is 0 Å². The largest absolute Gasteiger partial charge is 0.481 e. The molecule has 0 saturated carbocycles. The fourth-order valence-corrected chi connectivity index (χ4v) is 1.21. The van der Waals surface area contributed by atoms with Gasteiger partial charge in [-0.3, -0.25) is 4.79 Å². The summed E-state index contributed by atoms with van der Waals surface area (Å²) >= 11 is 0. The van der Waals surface area contributed by atoms with Gasteiger partial charge in [0.15, 0.2) is 0 Å². The number of hydrogen-bond acceptors (Lipinski definition) is 2. The first-order chi connectivity index (χ1) is 7.45. The lowest BCUT2D eigenvalue weighted by atomic mass is 10.0. The van der Waals surface area contributed by atoms with E-state index in [0.29, 0.717) is 6.07 Å². The molecular formula is C10H6F3NO2. The SMILES string of the molecule is N#Cc1cc(C(F)F)cc(F)c1CC(=O)O. The minimum absolute atomic E-state index is 0.376. The van der Waals surface area contributed by atoms with Crippen molar-refractivity contribution in [3.63, 3.8) is 0 Å². The first kappa shape index (κ1) is 12.0. The average Bonchev–Trinajstić information content (AvgIpc) is 2.19. The molecule has 0 amide bonds. The van der Waals surface area contributed by atoms with Gasteiger partial charge in [0, 0.05) is 11.1 Å². The smallest absolute Gasteiger partial charge is 0.307 e. The lowest BCUT2D eigenvalue weighted by Gasteiger charge is -2.06. The van der Waals surface area contributed by atoms with E-state index in [9.17, 15) is 18.0 Å². The molecule has 0 fully saturated rings. The van der Waals surface area contributed by atoms with E-state index in [2.05, 4.69) is 0 Å². The second kappa shape index (κ2) is 4.66. The summed E-state index contributed by atoms with van der Waals surface area (Å²) in [4.78, 5) is 10.4. The highest BCUT2D eigenvalue weighted by atomic mass is 19.3. The molecule has 1 aromatic carbocycles. The summed E-state index contributed by atoms with van der Waals surface area (Å²) in [5, 5.41) is 17.1. The van der Waals surface area contributed by atoms with Gasteiger partial charge in [0.25, 0.3) is 6.43 Å². The normalized spacial score (nSPS) is 10.2. The van der Waals surface area contributed by atoms with Crippen molar-refractivity contribution in [3.05, 3.63) is 34.6 Å². The molecule has 1 rings (SSSR count). The van der Waals surface area contributed by atoms with E-state index in [4.69, 9.17) is 10.4 Å². The van der Waals surface area contributed by atoms with Crippen molar-refractivity contribution in [1.29, 1.82) is 5.26 Å². The Bertz CT molecular complexity index is 466. The zero-order chi connectivity index (χ0) is 12.3. The van der Waals surface area contributed by atoms with Crippen molar-refractivity contribution in [2.45, 2.75) is 12.8 Å². The highest BCUT2D eigenvalue weighted by Gasteiger charge is 2.17. The van der Waals surface area contributed by atoms with Crippen molar-refractivity contribution >= 4 is 5.97 Å². The van der Waals surface area contributed by atoms with Crippen LogP contribution < -0.4 is 0 Å². The third-order valence-corrected chi connectivity index (χ3v) is 1.92. The first-order valence-electron chi connectivity index (χ1n) is 4.18. The van der Waals surface area contributed by atoms with Crippen LogP contribution in [0.15, 0.2) is 12.1 Å². The van der Waals surface area contributed by atoms with Crippen molar-refractivity contribution in [2.75, 3.05) is 0 Å². The maximum atomic E-state index is 13.3. The predicted octanol–water partition coefficient (Wildman–Crippen LogP) is 2.26. The van der Waals surface area contributed by atoms with E-state index < -0.39 is 30.2 Å². The molecule has 0 aromatic heterocycles. The third-order valence-electron chi connectivity index (χ3n) is 1.92. The molecule has 84 valence electrons. The van der Waals surface area contributed by atoms with Crippen LogP contribution in [0.5, 0.6) is 0 Å². The van der Waals surface area contributed by atoms with Crippen molar-refractivity contribution < 1.29 is 23.1 Å². The quantitative estimate of drug-likeness (QED) is 0.864. The third kappa shape index (κ3) is 2.51. The van der Waals surface area contributed by atoms with E-state index in [0.717, 1.165) is 6.07 Å². The van der Waals surface area contributed by atoms with Gasteiger partial charge in [-0.2, -0.15) is 5.26 Å². The summed E-state index contributed by atoms with van der Waals surface area (Å²) in [5.41, 5.74) is -1.39. The molecule has 0 heterocycles. The summed E-state index contributed by atoms with van der Waals surface area (Å²) < 4.78 is 37.8. The summed E-state index contributed by atoms with van der Waals surface area (Å²) in [6, 6.07) is 2.84. The van der Waals surface area contributed by atoms with Gasteiger partial charge in [-0.25, -0.2) is 13.2 Å². The number of carboxylic acids is 1. The lowest BCUT2D eigenvalue weighted by molar-refractivity contribution is -0.136. The standard InChI is InChI=1S/C10H6F3NO2/c11-8-2-5(10(12)13)1-6(4-14)7(8)3-9(15)16/h1-2,10H,3H2,(H,15,16). The number of alkyl halides is 2. The molecule has 1 aromatic rings. The minimum atomic E-state index is -2.90. The number of carboxylic acid groups (broad SMARTS) is 1. The van der Waals surface area contributed by atoms with Crippen LogP contribution in [0.4, 0.5) is 13.2 Å². The maximum Gasteiger partial charge on any atom is 0.307 e. The van der Waals surface area contributed by atoms with Gasteiger partial charge in [0.1, 0.15) is 5.82 Å². The van der Waals surface area contributed by atoms with Crippen LogP contribution in [0, 0.1) is 17.1 Å². The molecule has 0 aliphatic carbocycles. The van der Waals surface area contributed by atoms with Crippen LogP contribution in [0.2, 0.25) is 0 Å². The molecule has 1 N–H and O–H groups in total. The summed E-state index contributed by atoms with van der Waals surface area (Å²) in [5.74, 6) is -2.43. The van der Waals surface area contributed by atoms with E-state index in [1.165, 1.54) is 6.07 Å². The molecule has 0 spiro atoms. The van der Waals surface area contributed by atoms with Gasteiger partial charge < -0.3 is 5.11 Å². The summed E-state index contributed by atoms with van der Waals surface area (Å²) in [7, 11) is 0. The molecule has 3 nitrogen and oxygen atoms in total. The number of benzene rings is 1. The molecule has 0 aliphatic rings. The van der Waals surface area contributed by atoms with Gasteiger partial charge in [0.2, 0.25) is 0 Å². The number of nitrogens with zero attached hydrogens (tertiary/aromatic N) is 1. The highest BCUT2D eigenvalue weighted by Crippen LogP contribution is 2.24. The number of carbonyl (C=O) groups is 1. The summed E-state index contributed by atoms with van der Waals surface area (Å²) in [6.45, 7) is 0. The molecule has 0 radical (unpaired) electrons. The van der Waals surface area contributed by atoms with Crippen molar-refractivity contribution in [3.8, 4) is 6.07 Å². The highest BCUT2D eigenvalue weighted by molar-refractivity contribution is 5.71. The predicted molar refractivity (Wildman–Crippen MR) is 47.4 cm³/mol. The van der Waals surface area contributed by atoms with Crippen molar-refractivity contribution in [2.24, 2.45) is 0 Å². The number of halogens is 3. The number of rotatable bonds is 3. The van der Waals surface area contributed by atoms with Crippen LogP contribution >= 0.6 is 0 Å². The van der Waals surface area contributed by atoms with E-state index in [1.54, 1.807) is 0 Å². The van der Waals surface area contributed by atoms with Crippen LogP contribution in [-0.2, 0) is 11.2 Å². The molecule has 16 heavy (non-hydrogen) atoms. The molecule has 0 aliphatic heterocycles. The molecular weight excluding hydrogens is 223 g/mol. The molecule has 0 bridgehead atoms. The Hall–Kier alpha value is -2.03. The van der Waals surface area contributed by atoms with Gasteiger partial charge in [0.05, 0.1) is 18.1 Å². The Morgan fingerprint density at radius 2 is 2.12 bits per heavy atom. The lowest BCUT2D eigenvalue weighted by Crippen LogP contribution is -2.06. The van der Waals surface area contributed by atoms with Crippen LogP contribution in [0.25, 0.3) is 0 Å². The monoisotopic (exact) mass is 229 g/mol. The van der Waals surface area contributed by atoms with Crippen LogP contribution in [-0.4, -0.2) is 11.1 Å². The van der Waals surface area contributed by atoms with Crippen molar-refractivity contribution in [1.82, 2.24) is 0 Å².